The predicted octanol–water partition coefficient (Wildman–Crippen LogP) is 3.76. The topological polar surface area (TPSA) is 92.8 Å². The largest absolute Gasteiger partial charge is 0.465 e. The molecular formula is C24H30N2O5S. The van der Waals surface area contributed by atoms with Gasteiger partial charge in [0.1, 0.15) is 0 Å². The molecule has 0 aromatic heterocycles. The number of rotatable bonds is 9. The highest BCUT2D eigenvalue weighted by molar-refractivity contribution is 7.89. The van der Waals surface area contributed by atoms with Crippen molar-refractivity contribution < 1.29 is 22.7 Å². The van der Waals surface area contributed by atoms with E-state index in [0.29, 0.717) is 25.2 Å². The Bertz CT molecular complexity index is 983. The van der Waals surface area contributed by atoms with Gasteiger partial charge in [0.05, 0.1) is 17.9 Å². The fourth-order valence-electron chi connectivity index (χ4n) is 3.58. The minimum absolute atomic E-state index is 0.00199. The summed E-state index contributed by atoms with van der Waals surface area (Å²) in [5.41, 5.74) is 1.57. The van der Waals surface area contributed by atoms with Gasteiger partial charge in [0.2, 0.25) is 15.9 Å². The maximum Gasteiger partial charge on any atom is 0.306 e. The Hall–Kier alpha value is -2.71. The van der Waals surface area contributed by atoms with E-state index in [4.69, 9.17) is 4.74 Å². The normalized spacial score (nSPS) is 15.0. The number of nitrogens with zero attached hydrogens (tertiary/aromatic N) is 1. The molecule has 1 saturated heterocycles. The molecule has 32 heavy (non-hydrogen) atoms. The van der Waals surface area contributed by atoms with Crippen molar-refractivity contribution in [1.82, 2.24) is 4.31 Å². The number of anilines is 1. The van der Waals surface area contributed by atoms with Crippen LogP contribution >= 0.6 is 0 Å². The third kappa shape index (κ3) is 7.17. The third-order valence-corrected chi connectivity index (χ3v) is 7.31. The molecule has 1 heterocycles. The molecule has 1 fully saturated rings. The number of amides is 1. The van der Waals surface area contributed by atoms with Gasteiger partial charge in [-0.05, 0) is 42.7 Å². The Balaban J connectivity index is 1.42. The number of benzene rings is 2. The van der Waals surface area contributed by atoms with Crippen molar-refractivity contribution in [1.29, 1.82) is 0 Å². The standard InChI is InChI=1S/C24H30N2O5S/c27-23(14-15-24(28)31-19-16-20-8-4-3-5-9-20)25-21-10-12-22(13-11-21)32(29,30)26-17-6-1-2-7-18-26/h3-5,8-13H,1-2,6-7,14-19H2,(H,25,27). The highest BCUT2D eigenvalue weighted by atomic mass is 32.2. The zero-order chi connectivity index (χ0) is 22.8. The SMILES string of the molecule is O=C(CCC(=O)OCCc1ccccc1)Nc1ccc(S(=O)(=O)N2CCCCCC2)cc1. The third-order valence-electron chi connectivity index (χ3n) is 5.39. The lowest BCUT2D eigenvalue weighted by Gasteiger charge is -2.20. The molecule has 0 atom stereocenters. The lowest BCUT2D eigenvalue weighted by atomic mass is 10.2. The van der Waals surface area contributed by atoms with Crippen molar-refractivity contribution in [2.24, 2.45) is 0 Å². The summed E-state index contributed by atoms with van der Waals surface area (Å²) in [5, 5.41) is 2.69. The van der Waals surface area contributed by atoms with Gasteiger partial charge in [-0.2, -0.15) is 4.31 Å². The minimum Gasteiger partial charge on any atom is -0.465 e. The maximum atomic E-state index is 12.8. The van der Waals surface area contributed by atoms with Gasteiger partial charge in [-0.15, -0.1) is 0 Å². The fourth-order valence-corrected chi connectivity index (χ4v) is 5.10. The highest BCUT2D eigenvalue weighted by Gasteiger charge is 2.25. The first-order chi connectivity index (χ1) is 15.4. The van der Waals surface area contributed by atoms with Gasteiger partial charge in [-0.1, -0.05) is 43.2 Å². The number of carbonyl (C=O) groups is 2. The van der Waals surface area contributed by atoms with Crippen molar-refractivity contribution in [3.8, 4) is 0 Å². The molecule has 2 aromatic carbocycles. The lowest BCUT2D eigenvalue weighted by molar-refractivity contribution is -0.144. The zero-order valence-corrected chi connectivity index (χ0v) is 19.0. The fraction of sp³-hybridized carbons (Fsp3) is 0.417. The second kappa shape index (κ2) is 11.8. The maximum absolute atomic E-state index is 12.8. The summed E-state index contributed by atoms with van der Waals surface area (Å²) >= 11 is 0. The van der Waals surface area contributed by atoms with Gasteiger partial charge in [0.15, 0.2) is 0 Å². The first-order valence-electron chi connectivity index (χ1n) is 11.0. The summed E-state index contributed by atoms with van der Waals surface area (Å²) in [6.45, 7) is 1.36. The molecule has 172 valence electrons. The summed E-state index contributed by atoms with van der Waals surface area (Å²) in [6, 6.07) is 15.9. The predicted molar refractivity (Wildman–Crippen MR) is 123 cm³/mol. The van der Waals surface area contributed by atoms with Crippen molar-refractivity contribution in [3.63, 3.8) is 0 Å². The summed E-state index contributed by atoms with van der Waals surface area (Å²) in [7, 11) is -3.52. The lowest BCUT2D eigenvalue weighted by Crippen LogP contribution is -2.31. The number of carbonyl (C=O) groups excluding carboxylic acids is 2. The molecule has 2 aromatic rings. The highest BCUT2D eigenvalue weighted by Crippen LogP contribution is 2.22. The van der Waals surface area contributed by atoms with E-state index in [-0.39, 0.29) is 30.3 Å². The molecule has 0 saturated carbocycles. The summed E-state index contributed by atoms with van der Waals surface area (Å²) in [4.78, 5) is 24.2. The van der Waals surface area contributed by atoms with Crippen molar-refractivity contribution >= 4 is 27.6 Å². The number of hydrogen-bond donors (Lipinski definition) is 1. The number of sulfonamides is 1. The second-order valence-electron chi connectivity index (χ2n) is 7.85. The molecule has 8 heteroatoms. The molecule has 7 nitrogen and oxygen atoms in total. The number of hydrogen-bond acceptors (Lipinski definition) is 5. The quantitative estimate of drug-likeness (QED) is 0.578. The molecule has 1 N–H and O–H groups in total. The van der Waals surface area contributed by atoms with Crippen LogP contribution in [0.5, 0.6) is 0 Å². The Kier molecular flexibility index (Phi) is 8.81. The Morgan fingerprint density at radius 1 is 0.875 bits per heavy atom. The van der Waals surface area contributed by atoms with Crippen LogP contribution in [0.25, 0.3) is 0 Å². The van der Waals surface area contributed by atoms with Gasteiger partial charge in [-0.25, -0.2) is 8.42 Å². The van der Waals surface area contributed by atoms with E-state index in [1.165, 1.54) is 16.4 Å². The number of ether oxygens (including phenoxy) is 1. The molecule has 0 radical (unpaired) electrons. The van der Waals surface area contributed by atoms with Crippen molar-refractivity contribution in [2.45, 2.75) is 49.8 Å². The smallest absolute Gasteiger partial charge is 0.306 e. The van der Waals surface area contributed by atoms with Gasteiger partial charge in [0, 0.05) is 31.6 Å². The van der Waals surface area contributed by atoms with Gasteiger partial charge in [0.25, 0.3) is 0 Å². The Morgan fingerprint density at radius 2 is 1.53 bits per heavy atom. The van der Waals surface area contributed by atoms with Gasteiger partial charge in [-0.3, -0.25) is 9.59 Å². The molecule has 0 unspecified atom stereocenters. The summed E-state index contributed by atoms with van der Waals surface area (Å²) < 4.78 is 32.3. The Morgan fingerprint density at radius 3 is 2.19 bits per heavy atom. The van der Waals surface area contributed by atoms with E-state index in [1.54, 1.807) is 12.1 Å². The van der Waals surface area contributed by atoms with Crippen LogP contribution in [0, 0.1) is 0 Å². The van der Waals surface area contributed by atoms with Crippen LogP contribution in [0.15, 0.2) is 59.5 Å². The van der Waals surface area contributed by atoms with E-state index in [9.17, 15) is 18.0 Å². The molecule has 0 bridgehead atoms. The second-order valence-corrected chi connectivity index (χ2v) is 9.78. The van der Waals surface area contributed by atoms with E-state index in [2.05, 4.69) is 5.32 Å². The van der Waals surface area contributed by atoms with Crippen molar-refractivity contribution in [3.05, 3.63) is 60.2 Å². The molecule has 3 rings (SSSR count). The average Bonchev–Trinajstić information content (AvgIpc) is 3.09. The average molecular weight is 459 g/mol. The minimum atomic E-state index is -3.52. The first-order valence-corrected chi connectivity index (χ1v) is 12.5. The molecule has 1 amide bonds. The van der Waals surface area contributed by atoms with E-state index >= 15 is 0 Å². The van der Waals surface area contributed by atoms with E-state index in [1.807, 2.05) is 30.3 Å². The number of nitrogens with one attached hydrogen (secondary N) is 1. The van der Waals surface area contributed by atoms with Crippen LogP contribution in [-0.4, -0.2) is 44.3 Å². The van der Waals surface area contributed by atoms with Crippen LogP contribution in [0.1, 0.15) is 44.1 Å². The first kappa shape index (κ1) is 23.9. The monoisotopic (exact) mass is 458 g/mol. The zero-order valence-electron chi connectivity index (χ0n) is 18.2. The van der Waals surface area contributed by atoms with Crippen LogP contribution in [0.2, 0.25) is 0 Å². The molecule has 1 aliphatic heterocycles. The van der Waals surface area contributed by atoms with E-state index in [0.717, 1.165) is 31.2 Å². The van der Waals surface area contributed by atoms with Gasteiger partial charge < -0.3 is 10.1 Å². The molecular weight excluding hydrogens is 428 g/mol. The van der Waals surface area contributed by atoms with Crippen LogP contribution in [0.4, 0.5) is 5.69 Å². The van der Waals surface area contributed by atoms with Gasteiger partial charge >= 0.3 is 5.97 Å². The van der Waals surface area contributed by atoms with E-state index < -0.39 is 16.0 Å². The van der Waals surface area contributed by atoms with Crippen LogP contribution in [0.3, 0.4) is 0 Å². The van der Waals surface area contributed by atoms with Crippen LogP contribution < -0.4 is 5.32 Å². The molecule has 0 spiro atoms. The van der Waals surface area contributed by atoms with Crippen LogP contribution in [-0.2, 0) is 30.8 Å². The summed E-state index contributed by atoms with van der Waals surface area (Å²) in [5.74, 6) is -0.747. The summed E-state index contributed by atoms with van der Waals surface area (Å²) in [6.07, 6.45) is 4.48. The van der Waals surface area contributed by atoms with Crippen molar-refractivity contribution in [2.75, 3.05) is 25.0 Å². The Labute approximate surface area is 189 Å². The molecule has 1 aliphatic rings. The molecule has 0 aliphatic carbocycles. The number of esters is 1.